The first kappa shape index (κ1) is 20.7. The summed E-state index contributed by atoms with van der Waals surface area (Å²) in [6.07, 6.45) is 3.33. The average molecular weight is 451 g/mol. The second kappa shape index (κ2) is 12.0. The fourth-order valence-electron chi connectivity index (χ4n) is 2.54. The van der Waals surface area contributed by atoms with E-state index in [9.17, 15) is 0 Å². The SMILES string of the molecule is CN1CCN(CCCCN=C(N)NCCc2cccs2)CC1.I. The summed E-state index contributed by atoms with van der Waals surface area (Å²) < 4.78 is 0. The molecule has 0 saturated carbocycles. The number of thiophene rings is 1. The zero-order valence-electron chi connectivity index (χ0n) is 14.0. The molecule has 0 atom stereocenters. The lowest BCUT2D eigenvalue weighted by Gasteiger charge is -2.32. The van der Waals surface area contributed by atoms with Gasteiger partial charge >= 0.3 is 0 Å². The van der Waals surface area contributed by atoms with Crippen LogP contribution in [0.5, 0.6) is 0 Å². The van der Waals surface area contributed by atoms with Crippen LogP contribution in [0.1, 0.15) is 17.7 Å². The maximum Gasteiger partial charge on any atom is 0.188 e. The van der Waals surface area contributed by atoms with E-state index < -0.39 is 0 Å². The van der Waals surface area contributed by atoms with E-state index in [1.807, 2.05) is 0 Å². The van der Waals surface area contributed by atoms with Gasteiger partial charge in [0, 0.05) is 44.1 Å². The third-order valence-electron chi connectivity index (χ3n) is 4.02. The van der Waals surface area contributed by atoms with Crippen molar-refractivity contribution in [3.8, 4) is 0 Å². The smallest absolute Gasteiger partial charge is 0.188 e. The lowest BCUT2D eigenvalue weighted by Crippen LogP contribution is -2.44. The van der Waals surface area contributed by atoms with E-state index in [4.69, 9.17) is 5.73 Å². The first-order chi connectivity index (χ1) is 10.7. The van der Waals surface area contributed by atoms with Crippen molar-refractivity contribution in [2.45, 2.75) is 19.3 Å². The van der Waals surface area contributed by atoms with Gasteiger partial charge in [-0.3, -0.25) is 4.99 Å². The van der Waals surface area contributed by atoms with Crippen LogP contribution in [0, 0.1) is 0 Å². The molecule has 1 fully saturated rings. The first-order valence-corrected chi connectivity index (χ1v) is 9.09. The largest absolute Gasteiger partial charge is 0.370 e. The molecule has 0 aliphatic carbocycles. The van der Waals surface area contributed by atoms with Crippen molar-refractivity contribution in [2.24, 2.45) is 10.7 Å². The van der Waals surface area contributed by atoms with E-state index in [0.29, 0.717) is 5.96 Å². The lowest BCUT2D eigenvalue weighted by atomic mass is 10.2. The Morgan fingerprint density at radius 1 is 1.30 bits per heavy atom. The normalized spacial score (nSPS) is 17.0. The number of hydrogen-bond acceptors (Lipinski definition) is 4. The van der Waals surface area contributed by atoms with Gasteiger partial charge in [0.2, 0.25) is 0 Å². The number of unbranched alkanes of at least 4 members (excludes halogenated alkanes) is 1. The molecule has 23 heavy (non-hydrogen) atoms. The summed E-state index contributed by atoms with van der Waals surface area (Å²) in [5.74, 6) is 0.580. The highest BCUT2D eigenvalue weighted by Crippen LogP contribution is 2.07. The Morgan fingerprint density at radius 2 is 2.09 bits per heavy atom. The molecule has 0 bridgehead atoms. The van der Waals surface area contributed by atoms with Gasteiger partial charge in [-0.25, -0.2) is 0 Å². The number of guanidine groups is 1. The van der Waals surface area contributed by atoms with Gasteiger partial charge < -0.3 is 20.9 Å². The van der Waals surface area contributed by atoms with Crippen LogP contribution < -0.4 is 11.1 Å². The quantitative estimate of drug-likeness (QED) is 0.274. The highest BCUT2D eigenvalue weighted by Gasteiger charge is 2.12. The molecule has 1 aromatic heterocycles. The number of nitrogens with one attached hydrogen (secondary N) is 1. The molecular weight excluding hydrogens is 421 g/mol. The van der Waals surface area contributed by atoms with E-state index in [1.54, 1.807) is 11.3 Å². The van der Waals surface area contributed by atoms with Gasteiger partial charge in [-0.05, 0) is 44.3 Å². The van der Waals surface area contributed by atoms with Crippen LogP contribution in [-0.2, 0) is 6.42 Å². The molecule has 5 nitrogen and oxygen atoms in total. The van der Waals surface area contributed by atoms with Crippen LogP contribution in [0.4, 0.5) is 0 Å². The molecular formula is C16H30IN5S. The molecule has 1 aromatic rings. The predicted octanol–water partition coefficient (Wildman–Crippen LogP) is 1.84. The summed E-state index contributed by atoms with van der Waals surface area (Å²) in [7, 11) is 2.19. The molecule has 132 valence electrons. The van der Waals surface area contributed by atoms with Gasteiger partial charge in [-0.1, -0.05) is 6.07 Å². The minimum Gasteiger partial charge on any atom is -0.370 e. The standard InChI is InChI=1S/C16H29N5S.HI/c1-20-10-12-21(13-11-20)9-3-2-7-18-16(17)19-8-6-15-5-4-14-22-15;/h4-5,14H,2-3,6-13H2,1H3,(H3,17,18,19);1H. The van der Waals surface area contributed by atoms with E-state index in [-0.39, 0.29) is 24.0 Å². The van der Waals surface area contributed by atoms with Crippen molar-refractivity contribution in [3.05, 3.63) is 22.4 Å². The molecule has 0 aromatic carbocycles. The summed E-state index contributed by atoms with van der Waals surface area (Å²) in [4.78, 5) is 10.7. The third-order valence-corrected chi connectivity index (χ3v) is 4.95. The average Bonchev–Trinajstić information content (AvgIpc) is 3.02. The van der Waals surface area contributed by atoms with E-state index in [0.717, 1.165) is 25.9 Å². The van der Waals surface area contributed by atoms with Crippen molar-refractivity contribution < 1.29 is 0 Å². The molecule has 1 aliphatic heterocycles. The van der Waals surface area contributed by atoms with Crippen LogP contribution >= 0.6 is 35.3 Å². The van der Waals surface area contributed by atoms with Crippen molar-refractivity contribution in [1.82, 2.24) is 15.1 Å². The van der Waals surface area contributed by atoms with Gasteiger partial charge in [-0.15, -0.1) is 35.3 Å². The highest BCUT2D eigenvalue weighted by atomic mass is 127. The Morgan fingerprint density at radius 3 is 2.78 bits per heavy atom. The van der Waals surface area contributed by atoms with E-state index in [1.165, 1.54) is 44.0 Å². The molecule has 2 heterocycles. The molecule has 0 unspecified atom stereocenters. The maximum atomic E-state index is 5.88. The maximum absolute atomic E-state index is 5.88. The van der Waals surface area contributed by atoms with E-state index in [2.05, 4.69) is 44.7 Å². The lowest BCUT2D eigenvalue weighted by molar-refractivity contribution is 0.152. The number of piperazine rings is 1. The van der Waals surface area contributed by atoms with Gasteiger partial charge in [-0.2, -0.15) is 0 Å². The van der Waals surface area contributed by atoms with E-state index >= 15 is 0 Å². The van der Waals surface area contributed by atoms with Crippen LogP contribution in [0.3, 0.4) is 0 Å². The Hall–Kier alpha value is -0.380. The Kier molecular flexibility index (Phi) is 10.8. The fourth-order valence-corrected chi connectivity index (χ4v) is 3.25. The minimum absolute atomic E-state index is 0. The Balaban J connectivity index is 0.00000264. The molecule has 1 saturated heterocycles. The number of aliphatic imine (C=N–C) groups is 1. The predicted molar refractivity (Wildman–Crippen MR) is 111 cm³/mol. The summed E-state index contributed by atoms with van der Waals surface area (Å²) in [6, 6.07) is 4.23. The van der Waals surface area contributed by atoms with Gasteiger partial charge in [0.1, 0.15) is 0 Å². The number of nitrogens with zero attached hydrogens (tertiary/aromatic N) is 3. The number of rotatable bonds is 8. The molecule has 0 amide bonds. The number of hydrogen-bond donors (Lipinski definition) is 2. The van der Waals surface area contributed by atoms with Crippen molar-refractivity contribution in [2.75, 3.05) is 52.9 Å². The van der Waals surface area contributed by atoms with Gasteiger partial charge in [0.25, 0.3) is 0 Å². The van der Waals surface area contributed by atoms with Crippen LogP contribution in [0.15, 0.2) is 22.5 Å². The fraction of sp³-hybridized carbons (Fsp3) is 0.688. The molecule has 3 N–H and O–H groups in total. The zero-order chi connectivity index (χ0) is 15.6. The number of nitrogens with two attached hydrogens (primary N) is 1. The monoisotopic (exact) mass is 451 g/mol. The van der Waals surface area contributed by atoms with Crippen molar-refractivity contribution in [3.63, 3.8) is 0 Å². The summed E-state index contributed by atoms with van der Waals surface area (Å²) in [5.41, 5.74) is 5.88. The second-order valence-corrected chi connectivity index (χ2v) is 6.91. The molecule has 0 radical (unpaired) electrons. The molecule has 7 heteroatoms. The molecule has 1 aliphatic rings. The molecule has 2 rings (SSSR count). The van der Waals surface area contributed by atoms with Crippen LogP contribution in [0.2, 0.25) is 0 Å². The van der Waals surface area contributed by atoms with Crippen molar-refractivity contribution >= 4 is 41.3 Å². The zero-order valence-corrected chi connectivity index (χ0v) is 17.2. The third kappa shape index (κ3) is 8.88. The Labute approximate surface area is 161 Å². The first-order valence-electron chi connectivity index (χ1n) is 8.21. The number of halogens is 1. The second-order valence-electron chi connectivity index (χ2n) is 5.88. The van der Waals surface area contributed by atoms with Gasteiger partial charge in [0.05, 0.1) is 0 Å². The van der Waals surface area contributed by atoms with Gasteiger partial charge in [0.15, 0.2) is 5.96 Å². The minimum atomic E-state index is 0. The number of likely N-dealkylation sites (N-methyl/N-ethyl adjacent to an activating group) is 1. The van der Waals surface area contributed by atoms with Crippen LogP contribution in [0.25, 0.3) is 0 Å². The Bertz CT molecular complexity index is 430. The van der Waals surface area contributed by atoms with Crippen LogP contribution in [-0.4, -0.2) is 68.6 Å². The summed E-state index contributed by atoms with van der Waals surface area (Å²) in [5, 5.41) is 5.29. The molecule has 0 spiro atoms. The topological polar surface area (TPSA) is 56.9 Å². The summed E-state index contributed by atoms with van der Waals surface area (Å²) >= 11 is 1.78. The van der Waals surface area contributed by atoms with Crippen molar-refractivity contribution in [1.29, 1.82) is 0 Å². The highest BCUT2D eigenvalue weighted by molar-refractivity contribution is 14.0. The summed E-state index contributed by atoms with van der Waals surface area (Å²) in [6.45, 7) is 7.66.